The summed E-state index contributed by atoms with van der Waals surface area (Å²) in [5, 5.41) is 0. The van der Waals surface area contributed by atoms with Crippen LogP contribution in [0.2, 0.25) is 0 Å². The number of nitrogens with zero attached hydrogens (tertiary/aromatic N) is 6. The van der Waals surface area contributed by atoms with Crippen molar-refractivity contribution in [3.8, 4) is 0 Å². The standard InChI is InChI=1S/C42H45F9N6O2/c43-40(44,45)33-17-30(18-34(20-33)41(46,47)48)24-56(39-53-22-36(23-54-39)55-13-15-58-16-14-55)25-32-19-35(42(49,50)51)21-52-38(32)57-12-4-7-37(57)31-10-8-29(9-11-31)27-59-26-28-5-2-1-3-6-28/h1-3,5-6,17-23,29,31,37H,4,7-16,24-27H2/t29?,31?,37-/m1/s1. The van der Waals surface area contributed by atoms with E-state index in [2.05, 4.69) is 15.0 Å². The van der Waals surface area contributed by atoms with Gasteiger partial charge in [-0.15, -0.1) is 0 Å². The van der Waals surface area contributed by atoms with Crippen LogP contribution >= 0.6 is 0 Å². The summed E-state index contributed by atoms with van der Waals surface area (Å²) in [6, 6.07) is 12.1. The summed E-state index contributed by atoms with van der Waals surface area (Å²) in [5.41, 5.74) is -2.64. The lowest BCUT2D eigenvalue weighted by Crippen LogP contribution is -2.39. The van der Waals surface area contributed by atoms with Gasteiger partial charge in [-0.3, -0.25) is 0 Å². The fourth-order valence-corrected chi connectivity index (χ4v) is 8.43. The van der Waals surface area contributed by atoms with Gasteiger partial charge in [0, 0.05) is 57.1 Å². The summed E-state index contributed by atoms with van der Waals surface area (Å²) in [4.78, 5) is 18.5. The number of hydrogen-bond donors (Lipinski definition) is 0. The first-order valence-electron chi connectivity index (χ1n) is 19.7. The maximum atomic E-state index is 14.3. The van der Waals surface area contributed by atoms with Gasteiger partial charge in [0.2, 0.25) is 5.95 Å². The molecule has 1 atom stereocenters. The molecular formula is C42H45F9N6O2. The molecule has 59 heavy (non-hydrogen) atoms. The highest BCUT2D eigenvalue weighted by atomic mass is 19.4. The van der Waals surface area contributed by atoms with Crippen LogP contribution in [0.25, 0.3) is 0 Å². The van der Waals surface area contributed by atoms with Gasteiger partial charge in [0.25, 0.3) is 0 Å². The summed E-state index contributed by atoms with van der Waals surface area (Å²) < 4.78 is 138. The molecule has 17 heteroatoms. The second-order valence-electron chi connectivity index (χ2n) is 15.5. The molecule has 0 bridgehead atoms. The van der Waals surface area contributed by atoms with Gasteiger partial charge in [0.1, 0.15) is 5.82 Å². The van der Waals surface area contributed by atoms with Crippen LogP contribution in [-0.2, 0) is 47.7 Å². The molecule has 2 aromatic carbocycles. The number of morpholine rings is 1. The third-order valence-electron chi connectivity index (χ3n) is 11.4. The van der Waals surface area contributed by atoms with Crippen LogP contribution < -0.4 is 14.7 Å². The van der Waals surface area contributed by atoms with E-state index in [1.54, 1.807) is 0 Å². The zero-order valence-corrected chi connectivity index (χ0v) is 32.2. The number of benzene rings is 2. The average molecular weight is 837 g/mol. The minimum atomic E-state index is -5.10. The summed E-state index contributed by atoms with van der Waals surface area (Å²) in [5.74, 6) is 0.797. The Morgan fingerprint density at radius 2 is 1.32 bits per heavy atom. The minimum absolute atomic E-state index is 0.0282. The van der Waals surface area contributed by atoms with E-state index in [1.807, 2.05) is 40.1 Å². The summed E-state index contributed by atoms with van der Waals surface area (Å²) in [7, 11) is 0. The van der Waals surface area contributed by atoms with Crippen molar-refractivity contribution >= 4 is 17.5 Å². The van der Waals surface area contributed by atoms with E-state index in [9.17, 15) is 39.5 Å². The fourth-order valence-electron chi connectivity index (χ4n) is 8.43. The summed E-state index contributed by atoms with van der Waals surface area (Å²) in [6.45, 7) is 2.68. The molecule has 3 fully saturated rings. The fraction of sp³-hybridized carbons (Fsp3) is 0.500. The monoisotopic (exact) mass is 836 g/mol. The normalized spacial score (nSPS) is 20.6. The molecule has 2 aromatic heterocycles. The number of halogens is 9. The molecule has 8 nitrogen and oxygen atoms in total. The lowest BCUT2D eigenvalue weighted by Gasteiger charge is -2.38. The van der Waals surface area contributed by atoms with Gasteiger partial charge in [-0.05, 0) is 85.8 Å². The number of pyridine rings is 1. The molecule has 4 aromatic rings. The predicted octanol–water partition coefficient (Wildman–Crippen LogP) is 9.96. The van der Waals surface area contributed by atoms with E-state index in [4.69, 9.17) is 9.47 Å². The first-order chi connectivity index (χ1) is 28.1. The van der Waals surface area contributed by atoms with Crippen LogP contribution in [0.4, 0.5) is 57.0 Å². The highest BCUT2D eigenvalue weighted by molar-refractivity contribution is 5.53. The Bertz CT molecular complexity index is 1950. The Balaban J connectivity index is 1.18. The van der Waals surface area contributed by atoms with Crippen LogP contribution in [0.1, 0.15) is 71.9 Å². The van der Waals surface area contributed by atoms with Crippen molar-refractivity contribution < 1.29 is 49.0 Å². The molecule has 1 aliphatic carbocycles. The molecule has 4 heterocycles. The lowest BCUT2D eigenvalue weighted by molar-refractivity contribution is -0.143. The zero-order chi connectivity index (χ0) is 41.8. The van der Waals surface area contributed by atoms with E-state index in [-0.39, 0.29) is 40.9 Å². The van der Waals surface area contributed by atoms with Gasteiger partial charge in [-0.1, -0.05) is 30.3 Å². The van der Waals surface area contributed by atoms with Gasteiger partial charge in [-0.25, -0.2) is 15.0 Å². The molecule has 0 radical (unpaired) electrons. The second-order valence-corrected chi connectivity index (χ2v) is 15.5. The van der Waals surface area contributed by atoms with Crippen molar-refractivity contribution in [2.24, 2.45) is 11.8 Å². The van der Waals surface area contributed by atoms with Crippen LogP contribution in [-0.4, -0.2) is 60.4 Å². The van der Waals surface area contributed by atoms with Crippen molar-refractivity contribution in [2.75, 3.05) is 54.2 Å². The Hall–Kier alpha value is -4.64. The third-order valence-corrected chi connectivity index (χ3v) is 11.4. The highest BCUT2D eigenvalue weighted by Crippen LogP contribution is 2.42. The van der Waals surface area contributed by atoms with Crippen molar-refractivity contribution in [3.63, 3.8) is 0 Å². The predicted molar refractivity (Wildman–Crippen MR) is 203 cm³/mol. The van der Waals surface area contributed by atoms with Gasteiger partial charge in [0.05, 0.1) is 54.6 Å². The lowest BCUT2D eigenvalue weighted by atomic mass is 9.78. The van der Waals surface area contributed by atoms with Crippen LogP contribution in [0.5, 0.6) is 0 Å². The van der Waals surface area contributed by atoms with Crippen molar-refractivity contribution in [2.45, 2.75) is 82.8 Å². The molecule has 7 rings (SSSR count). The molecule has 0 spiro atoms. The molecule has 0 N–H and O–H groups in total. The third kappa shape index (κ3) is 10.8. The number of rotatable bonds is 12. The second kappa shape index (κ2) is 17.9. The molecule has 3 aliphatic rings. The first-order valence-corrected chi connectivity index (χ1v) is 19.7. The summed E-state index contributed by atoms with van der Waals surface area (Å²) in [6.07, 6.45) is -6.06. The molecule has 0 amide bonds. The van der Waals surface area contributed by atoms with Gasteiger partial charge >= 0.3 is 18.5 Å². The highest BCUT2D eigenvalue weighted by Gasteiger charge is 2.39. The SMILES string of the molecule is FC(F)(F)c1cc(CN(Cc2cc(C(F)(F)F)cnc2N2CCC[C@@H]2C2CCC(COCc3ccccc3)CC2)c2ncc(N3CCOCC3)cn2)cc(C(F)(F)F)c1. The molecule has 0 unspecified atom stereocenters. The number of anilines is 3. The maximum absolute atomic E-state index is 14.3. The number of ether oxygens (including phenoxy) is 2. The number of aromatic nitrogens is 3. The van der Waals surface area contributed by atoms with Crippen LogP contribution in [0.3, 0.4) is 0 Å². The van der Waals surface area contributed by atoms with Crippen LogP contribution in [0, 0.1) is 11.8 Å². The number of alkyl halides is 9. The largest absolute Gasteiger partial charge is 0.417 e. The smallest absolute Gasteiger partial charge is 0.378 e. The van der Waals surface area contributed by atoms with Gasteiger partial charge in [-0.2, -0.15) is 39.5 Å². The van der Waals surface area contributed by atoms with E-state index in [1.165, 1.54) is 17.3 Å². The molecule has 2 saturated heterocycles. The zero-order valence-electron chi connectivity index (χ0n) is 32.2. The average Bonchev–Trinajstić information content (AvgIpc) is 3.70. The Kier molecular flexibility index (Phi) is 12.9. The van der Waals surface area contributed by atoms with E-state index in [0.29, 0.717) is 69.8 Å². The maximum Gasteiger partial charge on any atom is 0.417 e. The van der Waals surface area contributed by atoms with Gasteiger partial charge in [0.15, 0.2) is 0 Å². The quantitative estimate of drug-likeness (QED) is 0.131. The molecule has 1 saturated carbocycles. The summed E-state index contributed by atoms with van der Waals surface area (Å²) >= 11 is 0. The molecule has 318 valence electrons. The van der Waals surface area contributed by atoms with E-state index in [0.717, 1.165) is 56.4 Å². The van der Waals surface area contributed by atoms with Crippen LogP contribution in [0.15, 0.2) is 73.2 Å². The van der Waals surface area contributed by atoms with E-state index < -0.39 is 48.3 Å². The molecule has 2 aliphatic heterocycles. The topological polar surface area (TPSA) is 66.9 Å². The van der Waals surface area contributed by atoms with E-state index >= 15 is 0 Å². The Morgan fingerprint density at radius 1 is 0.678 bits per heavy atom. The van der Waals surface area contributed by atoms with Crippen molar-refractivity contribution in [3.05, 3.63) is 107 Å². The van der Waals surface area contributed by atoms with Gasteiger partial charge < -0.3 is 24.2 Å². The van der Waals surface area contributed by atoms with Crippen molar-refractivity contribution in [1.29, 1.82) is 0 Å². The number of hydrogen-bond acceptors (Lipinski definition) is 8. The minimum Gasteiger partial charge on any atom is -0.378 e. The molecular weight excluding hydrogens is 791 g/mol. The Labute approximate surface area is 336 Å². The Morgan fingerprint density at radius 3 is 1.95 bits per heavy atom. The first kappa shape index (κ1) is 42.5. The van der Waals surface area contributed by atoms with Crippen molar-refractivity contribution in [1.82, 2.24) is 15.0 Å².